The summed E-state index contributed by atoms with van der Waals surface area (Å²) in [7, 11) is 1.92. The maximum absolute atomic E-state index is 5.72. The molecule has 0 aliphatic rings. The fraction of sp³-hybridized carbons (Fsp3) is 0.294. The zero-order valence-electron chi connectivity index (χ0n) is 11.4. The van der Waals surface area contributed by atoms with Gasteiger partial charge < -0.3 is 10.1 Å². The van der Waals surface area contributed by atoms with E-state index < -0.39 is 0 Å². The smallest absolute Gasteiger partial charge is 0.119 e. The lowest BCUT2D eigenvalue weighted by Gasteiger charge is -2.07. The molecule has 2 aromatic rings. The van der Waals surface area contributed by atoms with E-state index in [4.69, 9.17) is 4.74 Å². The van der Waals surface area contributed by atoms with Gasteiger partial charge in [0, 0.05) is 12.7 Å². The van der Waals surface area contributed by atoms with Crippen molar-refractivity contribution in [2.45, 2.75) is 19.3 Å². The standard InChI is InChI=1S/C17H21NO/c1-18-16-10-12-17(13-11-16)19-14-6-5-9-15-7-3-2-4-8-15/h2-4,7-8,10-13,18H,5-6,9,14H2,1H3. The van der Waals surface area contributed by atoms with Gasteiger partial charge in [0.2, 0.25) is 0 Å². The minimum absolute atomic E-state index is 0.783. The first-order valence-corrected chi connectivity index (χ1v) is 6.83. The number of aryl methyl sites for hydroxylation is 1. The summed E-state index contributed by atoms with van der Waals surface area (Å²) in [6.45, 7) is 0.783. The van der Waals surface area contributed by atoms with Gasteiger partial charge in [0.15, 0.2) is 0 Å². The van der Waals surface area contributed by atoms with Crippen molar-refractivity contribution in [1.29, 1.82) is 0 Å². The van der Waals surface area contributed by atoms with Crippen LogP contribution in [0.1, 0.15) is 18.4 Å². The molecular formula is C17H21NO. The molecule has 2 heteroatoms. The molecule has 0 fully saturated rings. The molecule has 0 bridgehead atoms. The molecule has 0 radical (unpaired) electrons. The molecule has 0 saturated carbocycles. The second kappa shape index (κ2) is 7.47. The van der Waals surface area contributed by atoms with Gasteiger partial charge in [-0.05, 0) is 49.1 Å². The van der Waals surface area contributed by atoms with Crippen LogP contribution in [0.25, 0.3) is 0 Å². The molecule has 100 valence electrons. The Kier molecular flexibility index (Phi) is 5.30. The van der Waals surface area contributed by atoms with Crippen LogP contribution < -0.4 is 10.1 Å². The zero-order valence-corrected chi connectivity index (χ0v) is 11.4. The van der Waals surface area contributed by atoms with Crippen LogP contribution >= 0.6 is 0 Å². The Morgan fingerprint density at radius 2 is 1.63 bits per heavy atom. The molecule has 0 spiro atoms. The van der Waals surface area contributed by atoms with Crippen molar-refractivity contribution < 1.29 is 4.74 Å². The van der Waals surface area contributed by atoms with Crippen LogP contribution in [0.15, 0.2) is 54.6 Å². The lowest BCUT2D eigenvalue weighted by molar-refractivity contribution is 0.307. The third-order valence-corrected chi connectivity index (χ3v) is 3.11. The van der Waals surface area contributed by atoms with Gasteiger partial charge in [-0.3, -0.25) is 0 Å². The first-order valence-electron chi connectivity index (χ1n) is 6.83. The maximum Gasteiger partial charge on any atom is 0.119 e. The highest BCUT2D eigenvalue weighted by atomic mass is 16.5. The molecule has 2 nitrogen and oxygen atoms in total. The topological polar surface area (TPSA) is 21.3 Å². The zero-order chi connectivity index (χ0) is 13.3. The van der Waals surface area contributed by atoms with Crippen molar-refractivity contribution in [1.82, 2.24) is 0 Å². The predicted molar refractivity (Wildman–Crippen MR) is 80.9 cm³/mol. The molecular weight excluding hydrogens is 234 g/mol. The van der Waals surface area contributed by atoms with Crippen LogP contribution in [-0.4, -0.2) is 13.7 Å². The van der Waals surface area contributed by atoms with E-state index in [0.717, 1.165) is 30.9 Å². The van der Waals surface area contributed by atoms with Crippen LogP contribution in [0.2, 0.25) is 0 Å². The number of hydrogen-bond acceptors (Lipinski definition) is 2. The van der Waals surface area contributed by atoms with Gasteiger partial charge in [0.25, 0.3) is 0 Å². The number of hydrogen-bond donors (Lipinski definition) is 1. The van der Waals surface area contributed by atoms with Crippen molar-refractivity contribution in [3.8, 4) is 5.75 Å². The van der Waals surface area contributed by atoms with E-state index >= 15 is 0 Å². The number of benzene rings is 2. The number of nitrogens with one attached hydrogen (secondary N) is 1. The first-order chi connectivity index (χ1) is 9.38. The van der Waals surface area contributed by atoms with E-state index in [1.165, 1.54) is 12.0 Å². The van der Waals surface area contributed by atoms with E-state index in [1.54, 1.807) is 0 Å². The van der Waals surface area contributed by atoms with E-state index in [0.29, 0.717) is 0 Å². The Morgan fingerprint density at radius 1 is 0.895 bits per heavy atom. The Hall–Kier alpha value is -1.96. The van der Waals surface area contributed by atoms with Crippen LogP contribution in [0.5, 0.6) is 5.75 Å². The van der Waals surface area contributed by atoms with Gasteiger partial charge in [0.1, 0.15) is 5.75 Å². The molecule has 2 aromatic carbocycles. The molecule has 1 N–H and O–H groups in total. The average molecular weight is 255 g/mol. The molecule has 0 unspecified atom stereocenters. The number of anilines is 1. The second-order valence-corrected chi connectivity index (χ2v) is 4.57. The fourth-order valence-electron chi connectivity index (χ4n) is 1.98. The summed E-state index contributed by atoms with van der Waals surface area (Å²) < 4.78 is 5.72. The lowest BCUT2D eigenvalue weighted by Crippen LogP contribution is -1.98. The van der Waals surface area contributed by atoms with Gasteiger partial charge in [-0.15, -0.1) is 0 Å². The molecule has 0 aliphatic carbocycles. The fourth-order valence-corrected chi connectivity index (χ4v) is 1.98. The van der Waals surface area contributed by atoms with Crippen molar-refractivity contribution in [3.63, 3.8) is 0 Å². The van der Waals surface area contributed by atoms with E-state index in [-0.39, 0.29) is 0 Å². The first kappa shape index (κ1) is 13.5. The Morgan fingerprint density at radius 3 is 2.32 bits per heavy atom. The van der Waals surface area contributed by atoms with Crippen LogP contribution in [0.3, 0.4) is 0 Å². The Bertz CT molecular complexity index is 464. The minimum Gasteiger partial charge on any atom is -0.494 e. The Balaban J connectivity index is 1.63. The van der Waals surface area contributed by atoms with Gasteiger partial charge in [-0.2, -0.15) is 0 Å². The van der Waals surface area contributed by atoms with Gasteiger partial charge in [-0.25, -0.2) is 0 Å². The monoisotopic (exact) mass is 255 g/mol. The third-order valence-electron chi connectivity index (χ3n) is 3.11. The number of rotatable bonds is 7. The normalized spacial score (nSPS) is 10.2. The molecule has 0 aliphatic heterocycles. The number of unbranched alkanes of at least 4 members (excludes halogenated alkanes) is 1. The molecule has 0 amide bonds. The van der Waals surface area contributed by atoms with Crippen molar-refractivity contribution >= 4 is 5.69 Å². The average Bonchev–Trinajstić information content (AvgIpc) is 2.49. The van der Waals surface area contributed by atoms with E-state index in [9.17, 15) is 0 Å². The van der Waals surface area contributed by atoms with Crippen molar-refractivity contribution in [3.05, 3.63) is 60.2 Å². The summed E-state index contributed by atoms with van der Waals surface area (Å²) in [6, 6.07) is 18.7. The SMILES string of the molecule is CNc1ccc(OCCCCc2ccccc2)cc1. The molecule has 0 aromatic heterocycles. The second-order valence-electron chi connectivity index (χ2n) is 4.57. The highest BCUT2D eigenvalue weighted by Crippen LogP contribution is 2.15. The van der Waals surface area contributed by atoms with Crippen molar-refractivity contribution in [2.24, 2.45) is 0 Å². The molecule has 0 atom stereocenters. The summed E-state index contributed by atoms with van der Waals surface area (Å²) in [4.78, 5) is 0. The third kappa shape index (κ3) is 4.66. The summed E-state index contributed by atoms with van der Waals surface area (Å²) >= 11 is 0. The highest BCUT2D eigenvalue weighted by Gasteiger charge is 1.95. The van der Waals surface area contributed by atoms with Crippen LogP contribution in [0.4, 0.5) is 5.69 Å². The number of ether oxygens (including phenoxy) is 1. The van der Waals surface area contributed by atoms with Crippen molar-refractivity contribution in [2.75, 3.05) is 19.0 Å². The van der Waals surface area contributed by atoms with Gasteiger partial charge >= 0.3 is 0 Å². The molecule has 2 rings (SSSR count). The largest absolute Gasteiger partial charge is 0.494 e. The maximum atomic E-state index is 5.72. The lowest BCUT2D eigenvalue weighted by atomic mass is 10.1. The van der Waals surface area contributed by atoms with Crippen LogP contribution in [-0.2, 0) is 6.42 Å². The predicted octanol–water partition coefficient (Wildman–Crippen LogP) is 4.13. The van der Waals surface area contributed by atoms with Gasteiger partial charge in [0.05, 0.1) is 6.61 Å². The van der Waals surface area contributed by atoms with Gasteiger partial charge in [-0.1, -0.05) is 30.3 Å². The van der Waals surface area contributed by atoms with Crippen LogP contribution in [0, 0.1) is 0 Å². The summed E-state index contributed by atoms with van der Waals surface area (Å²) in [5.41, 5.74) is 2.51. The summed E-state index contributed by atoms with van der Waals surface area (Å²) in [6.07, 6.45) is 3.38. The van der Waals surface area contributed by atoms with E-state index in [1.807, 2.05) is 31.3 Å². The molecule has 0 heterocycles. The Labute approximate surface area is 115 Å². The van der Waals surface area contributed by atoms with E-state index in [2.05, 4.69) is 35.6 Å². The summed E-state index contributed by atoms with van der Waals surface area (Å²) in [5, 5.41) is 3.09. The molecule has 0 saturated heterocycles. The highest BCUT2D eigenvalue weighted by molar-refractivity contribution is 5.45. The summed E-state index contributed by atoms with van der Waals surface area (Å²) in [5.74, 6) is 0.943. The molecule has 19 heavy (non-hydrogen) atoms. The quantitative estimate of drug-likeness (QED) is 0.751. The minimum atomic E-state index is 0.783.